The van der Waals surface area contributed by atoms with E-state index in [0.29, 0.717) is 0 Å². The smallest absolute Gasteiger partial charge is 0.0854 e. The summed E-state index contributed by atoms with van der Waals surface area (Å²) in [6.45, 7) is 7.79. The van der Waals surface area contributed by atoms with Crippen molar-refractivity contribution in [1.29, 1.82) is 0 Å². The molecule has 116 valence electrons. The first-order valence-electron chi connectivity index (χ1n) is 7.74. The van der Waals surface area contributed by atoms with Crippen LogP contribution in [0, 0.1) is 12.3 Å². The maximum absolute atomic E-state index is 5.43. The molecule has 0 aliphatic rings. The number of nitrogens with zero attached hydrogens (tertiary/aromatic N) is 1. The molecule has 1 aromatic heterocycles. The number of unbranched alkanes of at least 4 members (excludes halogenated alkanes) is 4. The van der Waals surface area contributed by atoms with Crippen LogP contribution in [0.2, 0.25) is 0 Å². The monoisotopic (exact) mass is 287 g/mol. The van der Waals surface area contributed by atoms with E-state index in [-0.39, 0.29) is 0 Å². The van der Waals surface area contributed by atoms with Gasteiger partial charge >= 0.3 is 0 Å². The van der Waals surface area contributed by atoms with E-state index in [1.165, 1.54) is 12.8 Å². The van der Waals surface area contributed by atoms with Gasteiger partial charge in [-0.15, -0.1) is 12.3 Å². The number of aromatic nitrogens is 1. The summed E-state index contributed by atoms with van der Waals surface area (Å²) in [5.74, 6) is 2.52. The van der Waals surface area contributed by atoms with Crippen molar-refractivity contribution in [1.82, 2.24) is 10.3 Å². The molecule has 1 heterocycles. The van der Waals surface area contributed by atoms with E-state index < -0.39 is 0 Å². The molecular formula is C18H29N3. The highest BCUT2D eigenvalue weighted by Crippen LogP contribution is 2.05. The lowest BCUT2D eigenvalue weighted by Gasteiger charge is -2.08. The molecule has 3 heteroatoms. The van der Waals surface area contributed by atoms with Crippen LogP contribution in [0.5, 0.6) is 0 Å². The molecule has 0 unspecified atom stereocenters. The van der Waals surface area contributed by atoms with Crippen LogP contribution in [-0.4, -0.2) is 18.1 Å². The number of hydrogen-bond acceptors (Lipinski definition) is 3. The van der Waals surface area contributed by atoms with Crippen molar-refractivity contribution in [2.75, 3.05) is 13.1 Å². The normalized spacial score (nSPS) is 9.19. The van der Waals surface area contributed by atoms with E-state index in [4.69, 9.17) is 12.2 Å². The van der Waals surface area contributed by atoms with Crippen LogP contribution in [0.3, 0.4) is 0 Å². The SMILES string of the molecule is C#CCCC.C=C(NCCCCCCN)c1ccccn1. The van der Waals surface area contributed by atoms with Gasteiger partial charge in [0.25, 0.3) is 0 Å². The van der Waals surface area contributed by atoms with Crippen LogP contribution < -0.4 is 11.1 Å². The molecule has 0 atom stereocenters. The molecule has 1 aromatic rings. The zero-order valence-electron chi connectivity index (χ0n) is 13.3. The Labute approximate surface area is 130 Å². The molecular weight excluding hydrogens is 258 g/mol. The minimum absolute atomic E-state index is 0.800. The molecule has 0 amide bonds. The van der Waals surface area contributed by atoms with Crippen molar-refractivity contribution in [3.63, 3.8) is 0 Å². The van der Waals surface area contributed by atoms with Crippen molar-refractivity contribution in [3.8, 4) is 12.3 Å². The summed E-state index contributed by atoms with van der Waals surface area (Å²) in [6.07, 6.45) is 13.4. The summed E-state index contributed by atoms with van der Waals surface area (Å²) in [7, 11) is 0. The molecule has 0 aromatic carbocycles. The fraction of sp³-hybridized carbons (Fsp3) is 0.500. The first kappa shape index (κ1) is 19.2. The first-order chi connectivity index (χ1) is 10.3. The van der Waals surface area contributed by atoms with Gasteiger partial charge in [0, 0.05) is 19.2 Å². The molecule has 0 spiro atoms. The second-order valence-electron chi connectivity index (χ2n) is 4.78. The average Bonchev–Trinajstić information content (AvgIpc) is 2.53. The zero-order valence-corrected chi connectivity index (χ0v) is 13.3. The fourth-order valence-corrected chi connectivity index (χ4v) is 1.64. The molecule has 0 aliphatic heterocycles. The van der Waals surface area contributed by atoms with Gasteiger partial charge in [0.05, 0.1) is 11.4 Å². The molecule has 3 N–H and O–H groups in total. The molecule has 0 aliphatic carbocycles. The number of terminal acetylenes is 1. The standard InChI is InChI=1S/C13H21N3.C5H8/c1-12(13-8-4-7-11-16-13)15-10-6-3-2-5-9-14;1-3-5-4-2/h4,7-8,11,15H,1-3,5-6,9-10,14H2;1H,4-5H2,2H3. The van der Waals surface area contributed by atoms with Crippen molar-refractivity contribution in [2.45, 2.75) is 45.4 Å². The van der Waals surface area contributed by atoms with Gasteiger partial charge in [-0.3, -0.25) is 4.98 Å². The first-order valence-corrected chi connectivity index (χ1v) is 7.74. The van der Waals surface area contributed by atoms with E-state index in [1.807, 2.05) is 18.2 Å². The highest BCUT2D eigenvalue weighted by molar-refractivity contribution is 5.57. The zero-order chi connectivity index (χ0) is 15.8. The number of nitrogens with one attached hydrogen (secondary N) is 1. The predicted octanol–water partition coefficient (Wildman–Crippen LogP) is 3.58. The van der Waals surface area contributed by atoms with Gasteiger partial charge < -0.3 is 11.1 Å². The maximum Gasteiger partial charge on any atom is 0.0854 e. The van der Waals surface area contributed by atoms with Gasteiger partial charge in [0.15, 0.2) is 0 Å². The van der Waals surface area contributed by atoms with Crippen LogP contribution in [-0.2, 0) is 0 Å². The van der Waals surface area contributed by atoms with Gasteiger partial charge in [0.2, 0.25) is 0 Å². The minimum Gasteiger partial charge on any atom is -0.384 e. The van der Waals surface area contributed by atoms with Crippen molar-refractivity contribution in [2.24, 2.45) is 5.73 Å². The third-order valence-corrected chi connectivity index (χ3v) is 2.84. The molecule has 0 radical (unpaired) electrons. The van der Waals surface area contributed by atoms with E-state index in [0.717, 1.165) is 50.2 Å². The summed E-state index contributed by atoms with van der Waals surface area (Å²) < 4.78 is 0. The summed E-state index contributed by atoms with van der Waals surface area (Å²) in [4.78, 5) is 4.23. The predicted molar refractivity (Wildman–Crippen MR) is 92.5 cm³/mol. The van der Waals surface area contributed by atoms with E-state index in [1.54, 1.807) is 6.20 Å². The van der Waals surface area contributed by atoms with Gasteiger partial charge in [-0.2, -0.15) is 0 Å². The maximum atomic E-state index is 5.43. The lowest BCUT2D eigenvalue weighted by molar-refractivity contribution is 0.633. The molecule has 21 heavy (non-hydrogen) atoms. The van der Waals surface area contributed by atoms with Crippen LogP contribution in [0.25, 0.3) is 5.70 Å². The summed E-state index contributed by atoms with van der Waals surface area (Å²) in [5.41, 5.74) is 7.25. The van der Waals surface area contributed by atoms with Gasteiger partial charge in [0.1, 0.15) is 0 Å². The quantitative estimate of drug-likeness (QED) is 0.539. The lowest BCUT2D eigenvalue weighted by Crippen LogP contribution is -2.13. The number of nitrogens with two attached hydrogens (primary N) is 1. The lowest BCUT2D eigenvalue weighted by atomic mass is 10.2. The van der Waals surface area contributed by atoms with Gasteiger partial charge in [-0.1, -0.05) is 32.4 Å². The molecule has 0 bridgehead atoms. The highest BCUT2D eigenvalue weighted by atomic mass is 14.9. The largest absolute Gasteiger partial charge is 0.384 e. The topological polar surface area (TPSA) is 50.9 Å². The van der Waals surface area contributed by atoms with E-state index in [2.05, 4.69) is 29.7 Å². The molecule has 1 rings (SSSR count). The summed E-state index contributed by atoms with van der Waals surface area (Å²) in [5, 5.41) is 3.29. The van der Waals surface area contributed by atoms with Gasteiger partial charge in [-0.25, -0.2) is 0 Å². The summed E-state index contributed by atoms with van der Waals surface area (Å²) >= 11 is 0. The fourth-order valence-electron chi connectivity index (χ4n) is 1.64. The third-order valence-electron chi connectivity index (χ3n) is 2.84. The summed E-state index contributed by atoms with van der Waals surface area (Å²) in [6, 6.07) is 5.84. The van der Waals surface area contributed by atoms with E-state index >= 15 is 0 Å². The van der Waals surface area contributed by atoms with Gasteiger partial charge in [-0.05, 0) is 37.9 Å². The van der Waals surface area contributed by atoms with Crippen molar-refractivity contribution < 1.29 is 0 Å². The Bertz CT molecular complexity index is 393. The van der Waals surface area contributed by atoms with Crippen LogP contribution in [0.4, 0.5) is 0 Å². The second kappa shape index (κ2) is 14.6. The Morgan fingerprint density at radius 1 is 1.33 bits per heavy atom. The van der Waals surface area contributed by atoms with Crippen LogP contribution in [0.15, 0.2) is 31.0 Å². The minimum atomic E-state index is 0.800. The second-order valence-corrected chi connectivity index (χ2v) is 4.78. The number of pyridine rings is 1. The van der Waals surface area contributed by atoms with E-state index in [9.17, 15) is 0 Å². The third kappa shape index (κ3) is 11.7. The van der Waals surface area contributed by atoms with Crippen LogP contribution >= 0.6 is 0 Å². The number of rotatable bonds is 9. The van der Waals surface area contributed by atoms with Crippen LogP contribution in [0.1, 0.15) is 51.1 Å². The average molecular weight is 287 g/mol. The van der Waals surface area contributed by atoms with Crippen molar-refractivity contribution in [3.05, 3.63) is 36.7 Å². The Balaban J connectivity index is 0.000000690. The molecule has 0 saturated heterocycles. The Hall–Kier alpha value is -1.79. The van der Waals surface area contributed by atoms with Crippen molar-refractivity contribution >= 4 is 5.70 Å². The Kier molecular flexibility index (Phi) is 13.4. The number of hydrogen-bond donors (Lipinski definition) is 2. The molecule has 0 fully saturated rings. The Morgan fingerprint density at radius 2 is 2.10 bits per heavy atom. The molecule has 0 saturated carbocycles. The Morgan fingerprint density at radius 3 is 2.62 bits per heavy atom. The molecule has 3 nitrogen and oxygen atoms in total. The highest BCUT2D eigenvalue weighted by Gasteiger charge is 1.97.